The van der Waals surface area contributed by atoms with E-state index in [2.05, 4.69) is 59.8 Å². The molecule has 2 unspecified atom stereocenters. The SMILES string of the molecule is C=CC(=O)N1CCN(c2nc(OCC3CCCN3C)nn3c(Cc4ccc5ccccc5c4)cnc23)CC1CC#N. The number of piperazine rings is 1. The largest absolute Gasteiger partial charge is 0.461 e. The van der Waals surface area contributed by atoms with Crippen LogP contribution in [0.1, 0.15) is 30.5 Å². The fourth-order valence-electron chi connectivity index (χ4n) is 5.94. The van der Waals surface area contributed by atoms with Crippen LogP contribution in [-0.2, 0) is 11.2 Å². The first kappa shape index (κ1) is 26.7. The third-order valence-corrected chi connectivity index (χ3v) is 8.24. The highest BCUT2D eigenvalue weighted by molar-refractivity contribution is 5.87. The van der Waals surface area contributed by atoms with Gasteiger partial charge in [-0.1, -0.05) is 49.0 Å². The molecule has 10 heteroatoms. The number of nitriles is 1. The minimum absolute atomic E-state index is 0.166. The topological polar surface area (TPSA) is 103 Å². The highest BCUT2D eigenvalue weighted by atomic mass is 16.5. The van der Waals surface area contributed by atoms with E-state index in [1.807, 2.05) is 22.8 Å². The van der Waals surface area contributed by atoms with Gasteiger partial charge in [0.2, 0.25) is 5.91 Å². The summed E-state index contributed by atoms with van der Waals surface area (Å²) in [5.74, 6) is 0.481. The van der Waals surface area contributed by atoms with E-state index in [9.17, 15) is 10.1 Å². The van der Waals surface area contributed by atoms with E-state index >= 15 is 0 Å². The first-order valence-corrected chi connectivity index (χ1v) is 14.1. The lowest BCUT2D eigenvalue weighted by Gasteiger charge is -2.40. The van der Waals surface area contributed by atoms with Gasteiger partial charge in [-0.25, -0.2) is 9.50 Å². The van der Waals surface area contributed by atoms with E-state index in [1.165, 1.54) is 16.8 Å². The monoisotopic (exact) mass is 550 g/mol. The number of carbonyl (C=O) groups excluding carboxylic acids is 1. The van der Waals surface area contributed by atoms with Crippen molar-refractivity contribution in [3.63, 3.8) is 0 Å². The quantitative estimate of drug-likeness (QED) is 0.308. The summed E-state index contributed by atoms with van der Waals surface area (Å²) in [7, 11) is 2.12. The van der Waals surface area contributed by atoms with E-state index in [-0.39, 0.29) is 18.4 Å². The van der Waals surface area contributed by atoms with Crippen molar-refractivity contribution in [3.8, 4) is 12.1 Å². The van der Waals surface area contributed by atoms with Crippen molar-refractivity contribution in [2.24, 2.45) is 0 Å². The molecular formula is C31H34N8O2. The molecule has 2 atom stereocenters. The van der Waals surface area contributed by atoms with Gasteiger partial charge in [0.05, 0.1) is 30.4 Å². The molecule has 0 bridgehead atoms. The lowest BCUT2D eigenvalue weighted by Crippen LogP contribution is -2.55. The predicted octanol–water partition coefficient (Wildman–Crippen LogP) is 3.46. The molecule has 6 rings (SSSR count). The van der Waals surface area contributed by atoms with Crippen molar-refractivity contribution < 1.29 is 9.53 Å². The van der Waals surface area contributed by atoms with Crippen molar-refractivity contribution in [1.82, 2.24) is 29.4 Å². The Labute approximate surface area is 239 Å². The molecule has 0 N–H and O–H groups in total. The molecule has 10 nitrogen and oxygen atoms in total. The smallest absolute Gasteiger partial charge is 0.336 e. The van der Waals surface area contributed by atoms with Crippen LogP contribution in [0, 0.1) is 11.3 Å². The van der Waals surface area contributed by atoms with Crippen molar-refractivity contribution in [3.05, 3.63) is 72.6 Å². The summed E-state index contributed by atoms with van der Waals surface area (Å²) in [4.78, 5) is 28.2. The summed E-state index contributed by atoms with van der Waals surface area (Å²) in [5, 5.41) is 16.7. The van der Waals surface area contributed by atoms with Gasteiger partial charge in [-0.3, -0.25) is 4.79 Å². The van der Waals surface area contributed by atoms with Crippen LogP contribution in [0.2, 0.25) is 0 Å². The average molecular weight is 551 g/mol. The van der Waals surface area contributed by atoms with Gasteiger partial charge in [-0.05, 0) is 48.8 Å². The highest BCUT2D eigenvalue weighted by Crippen LogP contribution is 2.27. The van der Waals surface area contributed by atoms with Gasteiger partial charge in [-0.2, -0.15) is 10.2 Å². The van der Waals surface area contributed by atoms with Crippen molar-refractivity contribution in [2.45, 2.75) is 37.8 Å². The molecule has 4 aromatic rings. The van der Waals surface area contributed by atoms with Crippen LogP contribution in [0.15, 0.2) is 61.3 Å². The summed E-state index contributed by atoms with van der Waals surface area (Å²) in [6.07, 6.45) is 6.26. The number of anilines is 1. The molecule has 41 heavy (non-hydrogen) atoms. The number of likely N-dealkylation sites (N-methyl/N-ethyl adjacent to an activating group) is 1. The number of carbonyl (C=O) groups is 1. The van der Waals surface area contributed by atoms with Crippen LogP contribution in [0.3, 0.4) is 0 Å². The van der Waals surface area contributed by atoms with Crippen LogP contribution >= 0.6 is 0 Å². The van der Waals surface area contributed by atoms with Crippen molar-refractivity contribution in [2.75, 3.05) is 44.7 Å². The number of imidazole rings is 1. The number of amides is 1. The number of nitrogens with zero attached hydrogens (tertiary/aromatic N) is 8. The van der Waals surface area contributed by atoms with Gasteiger partial charge in [0.25, 0.3) is 0 Å². The third kappa shape index (κ3) is 5.45. The van der Waals surface area contributed by atoms with Crippen LogP contribution in [0.25, 0.3) is 16.4 Å². The van der Waals surface area contributed by atoms with E-state index < -0.39 is 0 Å². The fraction of sp³-hybridized carbons (Fsp3) is 0.387. The second-order valence-corrected chi connectivity index (χ2v) is 10.8. The number of ether oxygens (including phenoxy) is 1. The minimum atomic E-state index is -0.280. The van der Waals surface area contributed by atoms with Crippen LogP contribution in [0.5, 0.6) is 6.01 Å². The van der Waals surface area contributed by atoms with Crippen LogP contribution < -0.4 is 9.64 Å². The third-order valence-electron chi connectivity index (χ3n) is 8.24. The summed E-state index contributed by atoms with van der Waals surface area (Å²) in [6, 6.07) is 17.4. The molecular weight excluding hydrogens is 516 g/mol. The lowest BCUT2D eigenvalue weighted by atomic mass is 10.0. The maximum atomic E-state index is 12.5. The van der Waals surface area contributed by atoms with Gasteiger partial charge in [0.1, 0.15) is 6.61 Å². The molecule has 0 saturated carbocycles. The maximum absolute atomic E-state index is 12.5. The molecule has 4 heterocycles. The van der Waals surface area contributed by atoms with E-state index in [4.69, 9.17) is 19.8 Å². The summed E-state index contributed by atoms with van der Waals surface area (Å²) < 4.78 is 8.05. The molecule has 0 spiro atoms. The number of rotatable bonds is 8. The summed E-state index contributed by atoms with van der Waals surface area (Å²) >= 11 is 0. The molecule has 1 amide bonds. The molecule has 0 aliphatic carbocycles. The van der Waals surface area contributed by atoms with E-state index in [0.29, 0.717) is 56.2 Å². The molecule has 0 radical (unpaired) electrons. The number of fused-ring (bicyclic) bond motifs is 2. The minimum Gasteiger partial charge on any atom is -0.461 e. The second-order valence-electron chi connectivity index (χ2n) is 10.8. The summed E-state index contributed by atoms with van der Waals surface area (Å²) in [5.41, 5.74) is 2.72. The molecule has 2 aromatic carbocycles. The molecule has 2 aliphatic rings. The molecule has 2 aromatic heterocycles. The standard InChI is InChI=1S/C31H34N8O2/c1-3-28(40)38-16-15-37(20-25(38)12-13-32)30-29-33-19-27(18-22-10-11-23-7-4-5-8-24(23)17-22)39(29)35-31(34-30)41-21-26-9-6-14-36(26)2/h3-5,7-8,10-11,17,19,25-26H,1,6,9,12,14-16,18,20-21H2,2H3. The lowest BCUT2D eigenvalue weighted by molar-refractivity contribution is -0.128. The van der Waals surface area contributed by atoms with Crippen LogP contribution in [0.4, 0.5) is 5.82 Å². The number of hydrogen-bond donors (Lipinski definition) is 0. The zero-order valence-electron chi connectivity index (χ0n) is 23.3. The number of likely N-dealkylation sites (tertiary alicyclic amines) is 1. The van der Waals surface area contributed by atoms with E-state index in [0.717, 1.165) is 30.6 Å². The van der Waals surface area contributed by atoms with Gasteiger partial charge in [0, 0.05) is 32.1 Å². The Morgan fingerprint density at radius 2 is 2.02 bits per heavy atom. The van der Waals surface area contributed by atoms with E-state index in [1.54, 1.807) is 4.90 Å². The van der Waals surface area contributed by atoms with Gasteiger partial charge in [0.15, 0.2) is 11.5 Å². The number of aromatic nitrogens is 4. The zero-order valence-corrected chi connectivity index (χ0v) is 23.3. The van der Waals surface area contributed by atoms with Crippen molar-refractivity contribution in [1.29, 1.82) is 5.26 Å². The van der Waals surface area contributed by atoms with Gasteiger partial charge in [-0.15, -0.1) is 5.10 Å². The molecule has 210 valence electrons. The second kappa shape index (κ2) is 11.6. The maximum Gasteiger partial charge on any atom is 0.336 e. The normalized spacial score (nSPS) is 19.5. The van der Waals surface area contributed by atoms with Crippen molar-refractivity contribution >= 4 is 28.1 Å². The number of benzene rings is 2. The fourth-order valence-corrected chi connectivity index (χ4v) is 5.94. The molecule has 2 fully saturated rings. The zero-order chi connectivity index (χ0) is 28.3. The summed E-state index contributed by atoms with van der Waals surface area (Å²) in [6.45, 7) is 6.66. The van der Waals surface area contributed by atoms with Gasteiger partial charge >= 0.3 is 6.01 Å². The Bertz CT molecular complexity index is 1630. The van der Waals surface area contributed by atoms with Gasteiger partial charge < -0.3 is 19.4 Å². The molecule has 2 saturated heterocycles. The number of hydrogen-bond acceptors (Lipinski definition) is 8. The molecule has 2 aliphatic heterocycles. The Kier molecular flexibility index (Phi) is 7.53. The van der Waals surface area contributed by atoms with Crippen LogP contribution in [-0.4, -0.2) is 87.2 Å². The Morgan fingerprint density at radius 3 is 2.80 bits per heavy atom. The Morgan fingerprint density at radius 1 is 1.17 bits per heavy atom. The highest BCUT2D eigenvalue weighted by Gasteiger charge is 2.32. The first-order valence-electron chi connectivity index (χ1n) is 14.1. The predicted molar refractivity (Wildman–Crippen MR) is 157 cm³/mol. The average Bonchev–Trinajstić information content (AvgIpc) is 3.60. The first-order chi connectivity index (χ1) is 20.0. The Hall–Kier alpha value is -4.49. The Balaban J connectivity index is 1.35.